The number of aromatic nitrogens is 2. The maximum absolute atomic E-state index is 11.8. The molecule has 0 bridgehead atoms. The standard InChI is InChI=1S/C16H23N3O/c1-4-12(3)14(17-5-2)11-19-15-9-7-6-8-13(15)16(20)10-18-19/h6-10,12,14,17H,4-5,11H2,1-3H3. The molecule has 4 heteroatoms. The van der Waals surface area contributed by atoms with Gasteiger partial charge >= 0.3 is 0 Å². The van der Waals surface area contributed by atoms with Gasteiger partial charge in [0.2, 0.25) is 5.43 Å². The van der Waals surface area contributed by atoms with Crippen molar-refractivity contribution in [3.63, 3.8) is 0 Å². The molecule has 1 aromatic heterocycles. The molecule has 2 aromatic rings. The largest absolute Gasteiger partial charge is 0.312 e. The third-order valence-corrected chi connectivity index (χ3v) is 3.93. The Morgan fingerprint density at radius 3 is 2.75 bits per heavy atom. The summed E-state index contributed by atoms with van der Waals surface area (Å²) in [6.07, 6.45) is 2.54. The number of nitrogens with zero attached hydrogens (tertiary/aromatic N) is 2. The van der Waals surface area contributed by atoms with E-state index in [0.29, 0.717) is 12.0 Å². The second-order valence-corrected chi connectivity index (χ2v) is 5.26. The van der Waals surface area contributed by atoms with E-state index in [-0.39, 0.29) is 5.43 Å². The van der Waals surface area contributed by atoms with Crippen molar-refractivity contribution >= 4 is 10.9 Å². The Hall–Kier alpha value is -1.68. The Bertz CT molecular complexity index is 620. The normalized spacial score (nSPS) is 14.3. The third kappa shape index (κ3) is 3.07. The van der Waals surface area contributed by atoms with Gasteiger partial charge < -0.3 is 5.32 Å². The summed E-state index contributed by atoms with van der Waals surface area (Å²) in [4.78, 5) is 11.8. The molecule has 0 aliphatic heterocycles. The first-order valence-corrected chi connectivity index (χ1v) is 7.35. The first kappa shape index (κ1) is 14.7. The van der Waals surface area contributed by atoms with E-state index < -0.39 is 0 Å². The lowest BCUT2D eigenvalue weighted by Gasteiger charge is -2.25. The number of likely N-dealkylation sites (N-methyl/N-ethyl adjacent to an activating group) is 1. The SMILES string of the molecule is CCNC(Cn1ncc(=O)c2ccccc21)C(C)CC. The molecule has 1 heterocycles. The predicted octanol–water partition coefficient (Wildman–Crippen LogP) is 2.42. The molecule has 4 nitrogen and oxygen atoms in total. The van der Waals surface area contributed by atoms with Gasteiger partial charge in [-0.1, -0.05) is 39.3 Å². The van der Waals surface area contributed by atoms with Crippen molar-refractivity contribution in [2.24, 2.45) is 5.92 Å². The fourth-order valence-electron chi connectivity index (χ4n) is 2.49. The highest BCUT2D eigenvalue weighted by molar-refractivity contribution is 5.77. The maximum atomic E-state index is 11.8. The summed E-state index contributed by atoms with van der Waals surface area (Å²) >= 11 is 0. The van der Waals surface area contributed by atoms with Gasteiger partial charge in [0.25, 0.3) is 0 Å². The van der Waals surface area contributed by atoms with E-state index in [2.05, 4.69) is 31.2 Å². The van der Waals surface area contributed by atoms with Crippen molar-refractivity contribution in [3.8, 4) is 0 Å². The molecule has 0 aliphatic rings. The zero-order valence-corrected chi connectivity index (χ0v) is 12.5. The number of fused-ring (bicyclic) bond motifs is 1. The van der Waals surface area contributed by atoms with E-state index >= 15 is 0 Å². The van der Waals surface area contributed by atoms with Gasteiger partial charge in [-0.05, 0) is 24.6 Å². The van der Waals surface area contributed by atoms with Crippen LogP contribution in [0.5, 0.6) is 0 Å². The minimum Gasteiger partial charge on any atom is -0.312 e. The van der Waals surface area contributed by atoms with Crippen molar-refractivity contribution < 1.29 is 0 Å². The van der Waals surface area contributed by atoms with E-state index in [0.717, 1.165) is 30.4 Å². The highest BCUT2D eigenvalue weighted by atomic mass is 16.1. The Morgan fingerprint density at radius 2 is 2.05 bits per heavy atom. The van der Waals surface area contributed by atoms with E-state index in [4.69, 9.17) is 0 Å². The molecule has 2 atom stereocenters. The Labute approximate surface area is 119 Å². The van der Waals surface area contributed by atoms with Crippen LogP contribution in [0.15, 0.2) is 35.3 Å². The van der Waals surface area contributed by atoms with Crippen LogP contribution < -0.4 is 10.7 Å². The zero-order valence-electron chi connectivity index (χ0n) is 12.5. The first-order chi connectivity index (χ1) is 9.67. The number of rotatable bonds is 6. The predicted molar refractivity (Wildman–Crippen MR) is 82.9 cm³/mol. The van der Waals surface area contributed by atoms with Crippen molar-refractivity contribution in [1.29, 1.82) is 0 Å². The van der Waals surface area contributed by atoms with Crippen molar-refractivity contribution in [2.75, 3.05) is 6.54 Å². The fraction of sp³-hybridized carbons (Fsp3) is 0.500. The summed E-state index contributed by atoms with van der Waals surface area (Å²) in [6, 6.07) is 8.03. The Morgan fingerprint density at radius 1 is 1.30 bits per heavy atom. The molecule has 1 aromatic carbocycles. The molecule has 0 fully saturated rings. The zero-order chi connectivity index (χ0) is 14.5. The van der Waals surface area contributed by atoms with Crippen LogP contribution in [-0.4, -0.2) is 22.4 Å². The number of nitrogens with one attached hydrogen (secondary N) is 1. The molecule has 0 saturated heterocycles. The van der Waals surface area contributed by atoms with Gasteiger partial charge in [0.1, 0.15) is 0 Å². The van der Waals surface area contributed by atoms with Crippen LogP contribution in [0, 0.1) is 5.92 Å². The van der Waals surface area contributed by atoms with Crippen LogP contribution in [0.1, 0.15) is 27.2 Å². The van der Waals surface area contributed by atoms with Gasteiger partial charge in [-0.3, -0.25) is 9.48 Å². The average Bonchev–Trinajstić information content (AvgIpc) is 2.49. The fourth-order valence-corrected chi connectivity index (χ4v) is 2.49. The topological polar surface area (TPSA) is 46.9 Å². The molecule has 0 aliphatic carbocycles. The number of para-hydroxylation sites is 1. The summed E-state index contributed by atoms with van der Waals surface area (Å²) in [5.74, 6) is 0.565. The minimum atomic E-state index is -0.0135. The Balaban J connectivity index is 2.37. The van der Waals surface area contributed by atoms with Crippen LogP contribution >= 0.6 is 0 Å². The van der Waals surface area contributed by atoms with Gasteiger partial charge in [0.15, 0.2) is 0 Å². The highest BCUT2D eigenvalue weighted by Gasteiger charge is 2.16. The van der Waals surface area contributed by atoms with Gasteiger partial charge in [-0.25, -0.2) is 0 Å². The molecule has 0 amide bonds. The molecule has 20 heavy (non-hydrogen) atoms. The summed E-state index contributed by atoms with van der Waals surface area (Å²) in [5.41, 5.74) is 0.895. The van der Waals surface area contributed by atoms with Crippen molar-refractivity contribution in [3.05, 3.63) is 40.7 Å². The molecule has 0 spiro atoms. The second-order valence-electron chi connectivity index (χ2n) is 5.26. The van der Waals surface area contributed by atoms with Crippen LogP contribution in [0.4, 0.5) is 0 Å². The monoisotopic (exact) mass is 273 g/mol. The summed E-state index contributed by atoms with van der Waals surface area (Å²) < 4.78 is 1.94. The van der Waals surface area contributed by atoms with Crippen LogP contribution in [0.2, 0.25) is 0 Å². The molecule has 0 saturated carbocycles. The molecule has 2 unspecified atom stereocenters. The molecule has 108 valence electrons. The summed E-state index contributed by atoms with van der Waals surface area (Å²) in [5, 5.41) is 8.57. The van der Waals surface area contributed by atoms with Crippen molar-refractivity contribution in [2.45, 2.75) is 39.8 Å². The quantitative estimate of drug-likeness (QED) is 0.879. The number of hydrogen-bond acceptors (Lipinski definition) is 3. The minimum absolute atomic E-state index is 0.0135. The Kier molecular flexibility index (Phi) is 4.90. The van der Waals surface area contributed by atoms with Crippen molar-refractivity contribution in [1.82, 2.24) is 15.1 Å². The summed E-state index contributed by atoms with van der Waals surface area (Å²) in [7, 11) is 0. The smallest absolute Gasteiger partial charge is 0.207 e. The lowest BCUT2D eigenvalue weighted by atomic mass is 9.99. The maximum Gasteiger partial charge on any atom is 0.207 e. The van der Waals surface area contributed by atoms with Crippen LogP contribution in [-0.2, 0) is 6.54 Å². The lowest BCUT2D eigenvalue weighted by molar-refractivity contribution is 0.326. The first-order valence-electron chi connectivity index (χ1n) is 7.35. The van der Waals surface area contributed by atoms with Crippen LogP contribution in [0.25, 0.3) is 10.9 Å². The van der Waals surface area contributed by atoms with Gasteiger partial charge in [-0.15, -0.1) is 0 Å². The third-order valence-electron chi connectivity index (χ3n) is 3.93. The number of hydrogen-bond donors (Lipinski definition) is 1. The van der Waals surface area contributed by atoms with E-state index in [1.165, 1.54) is 6.20 Å². The second kappa shape index (κ2) is 6.66. The molecule has 0 radical (unpaired) electrons. The van der Waals surface area contributed by atoms with Gasteiger partial charge in [0, 0.05) is 11.4 Å². The molecular formula is C16H23N3O. The van der Waals surface area contributed by atoms with Crippen LogP contribution in [0.3, 0.4) is 0 Å². The average molecular weight is 273 g/mol. The van der Waals surface area contributed by atoms with E-state index in [1.807, 2.05) is 28.9 Å². The molecule has 1 N–H and O–H groups in total. The number of benzene rings is 1. The lowest BCUT2D eigenvalue weighted by Crippen LogP contribution is -2.39. The van der Waals surface area contributed by atoms with Gasteiger partial charge in [-0.2, -0.15) is 5.10 Å². The molecular weight excluding hydrogens is 250 g/mol. The van der Waals surface area contributed by atoms with E-state index in [1.54, 1.807) is 0 Å². The highest BCUT2D eigenvalue weighted by Crippen LogP contribution is 2.13. The summed E-state index contributed by atoms with van der Waals surface area (Å²) in [6.45, 7) is 8.28. The van der Waals surface area contributed by atoms with E-state index in [9.17, 15) is 4.79 Å². The van der Waals surface area contributed by atoms with Gasteiger partial charge in [0.05, 0.1) is 18.3 Å². The molecule has 2 rings (SSSR count).